The van der Waals surface area contributed by atoms with Gasteiger partial charge < -0.3 is 4.74 Å². The predicted octanol–water partition coefficient (Wildman–Crippen LogP) is 1.76. The van der Waals surface area contributed by atoms with Crippen molar-refractivity contribution in [3.8, 4) is 0 Å². The van der Waals surface area contributed by atoms with Crippen LogP contribution in [0.15, 0.2) is 0 Å². The highest BCUT2D eigenvalue weighted by molar-refractivity contribution is 5.71. The van der Waals surface area contributed by atoms with Crippen molar-refractivity contribution in [2.45, 2.75) is 51.7 Å². The second-order valence-electron chi connectivity index (χ2n) is 4.70. The standard InChI is InChI=1S/C11H18NO3/c1-11(2,3)15-10(14)12-7-5-4-6-9(12)8-13/h7-9H,4-6H2,1-3H3/q+1. The molecule has 0 aromatic rings. The number of ether oxygens (including phenoxy) is 1. The molecule has 15 heavy (non-hydrogen) atoms. The Morgan fingerprint density at radius 2 is 2.20 bits per heavy atom. The van der Waals surface area contributed by atoms with Crippen LogP contribution in [0.2, 0.25) is 0 Å². The summed E-state index contributed by atoms with van der Waals surface area (Å²) in [7, 11) is 0. The minimum absolute atomic E-state index is 0.353. The molecule has 0 saturated carbocycles. The number of nitrogens with zero attached hydrogens (tertiary/aromatic N) is 1. The molecule has 1 heterocycles. The van der Waals surface area contributed by atoms with E-state index in [1.54, 1.807) is 6.21 Å². The Hall–Kier alpha value is -1.19. The van der Waals surface area contributed by atoms with Gasteiger partial charge in [0.15, 0.2) is 12.5 Å². The van der Waals surface area contributed by atoms with Gasteiger partial charge in [-0.2, -0.15) is 4.79 Å². The summed E-state index contributed by atoms with van der Waals surface area (Å²) in [6, 6.07) is -0.353. The SMILES string of the molecule is CC(C)(C)OC(=O)[N+]1=CCCCC1C=O. The van der Waals surface area contributed by atoms with E-state index >= 15 is 0 Å². The Labute approximate surface area is 89.9 Å². The monoisotopic (exact) mass is 212 g/mol. The van der Waals surface area contributed by atoms with Crippen LogP contribution in [0.4, 0.5) is 4.79 Å². The number of hydrogen-bond acceptors (Lipinski definition) is 3. The third kappa shape index (κ3) is 3.46. The van der Waals surface area contributed by atoms with E-state index < -0.39 is 11.7 Å². The molecular weight excluding hydrogens is 194 g/mol. The molecule has 0 fully saturated rings. The van der Waals surface area contributed by atoms with Crippen LogP contribution in [-0.4, -0.2) is 34.8 Å². The Morgan fingerprint density at radius 3 is 2.73 bits per heavy atom. The summed E-state index contributed by atoms with van der Waals surface area (Å²) in [6.45, 7) is 5.43. The number of carbonyl (C=O) groups is 2. The zero-order valence-corrected chi connectivity index (χ0v) is 9.53. The van der Waals surface area contributed by atoms with Gasteiger partial charge in [-0.1, -0.05) is 0 Å². The number of amides is 1. The van der Waals surface area contributed by atoms with Crippen LogP contribution in [0.5, 0.6) is 0 Å². The van der Waals surface area contributed by atoms with Crippen LogP contribution in [0.3, 0.4) is 0 Å². The Bertz CT molecular complexity index is 289. The normalized spacial score (nSPS) is 21.8. The zero-order chi connectivity index (χ0) is 11.5. The molecule has 0 saturated heterocycles. The molecule has 1 atom stereocenters. The van der Waals surface area contributed by atoms with Crippen LogP contribution < -0.4 is 0 Å². The van der Waals surface area contributed by atoms with Crippen molar-refractivity contribution >= 4 is 18.6 Å². The lowest BCUT2D eigenvalue weighted by Gasteiger charge is -2.19. The maximum atomic E-state index is 11.7. The van der Waals surface area contributed by atoms with Crippen molar-refractivity contribution in [1.29, 1.82) is 0 Å². The fourth-order valence-corrected chi connectivity index (χ4v) is 1.49. The lowest BCUT2D eigenvalue weighted by atomic mass is 10.1. The predicted molar refractivity (Wildman–Crippen MR) is 56.3 cm³/mol. The summed E-state index contributed by atoms with van der Waals surface area (Å²) in [5.41, 5.74) is -0.518. The van der Waals surface area contributed by atoms with Crippen LogP contribution in [0.1, 0.15) is 40.0 Å². The van der Waals surface area contributed by atoms with Gasteiger partial charge >= 0.3 is 6.09 Å². The minimum Gasteiger partial charge on any atom is -0.406 e. The Morgan fingerprint density at radius 1 is 1.53 bits per heavy atom. The maximum Gasteiger partial charge on any atom is 0.597 e. The first-order valence-electron chi connectivity index (χ1n) is 5.24. The van der Waals surface area contributed by atoms with Gasteiger partial charge in [0.05, 0.1) is 0 Å². The van der Waals surface area contributed by atoms with E-state index in [1.165, 1.54) is 4.58 Å². The molecule has 1 aliphatic heterocycles. The Balaban J connectivity index is 2.73. The topological polar surface area (TPSA) is 46.4 Å². The first-order chi connectivity index (χ1) is 6.94. The van der Waals surface area contributed by atoms with E-state index in [-0.39, 0.29) is 6.04 Å². The highest BCUT2D eigenvalue weighted by atomic mass is 16.6. The molecule has 0 N–H and O–H groups in total. The van der Waals surface area contributed by atoms with Gasteiger partial charge in [-0.3, -0.25) is 4.79 Å². The highest BCUT2D eigenvalue weighted by Crippen LogP contribution is 2.13. The lowest BCUT2D eigenvalue weighted by molar-refractivity contribution is -0.476. The maximum absolute atomic E-state index is 11.7. The fraction of sp³-hybridized carbons (Fsp3) is 0.727. The molecule has 1 amide bonds. The molecule has 0 aromatic carbocycles. The summed E-state index contributed by atoms with van der Waals surface area (Å²) in [4.78, 5) is 22.5. The first-order valence-corrected chi connectivity index (χ1v) is 5.24. The average molecular weight is 212 g/mol. The van der Waals surface area contributed by atoms with E-state index in [9.17, 15) is 9.59 Å². The summed E-state index contributed by atoms with van der Waals surface area (Å²) in [5, 5.41) is 0. The van der Waals surface area contributed by atoms with Gasteiger partial charge in [0.25, 0.3) is 0 Å². The van der Waals surface area contributed by atoms with Crippen LogP contribution >= 0.6 is 0 Å². The van der Waals surface area contributed by atoms with E-state index in [4.69, 9.17) is 4.74 Å². The fourth-order valence-electron chi connectivity index (χ4n) is 1.49. The van der Waals surface area contributed by atoms with Crippen molar-refractivity contribution in [3.63, 3.8) is 0 Å². The van der Waals surface area contributed by atoms with E-state index in [1.807, 2.05) is 20.8 Å². The summed E-state index contributed by atoms with van der Waals surface area (Å²) in [6.07, 6.45) is 4.61. The molecule has 0 spiro atoms. The molecule has 4 nitrogen and oxygen atoms in total. The molecule has 4 heteroatoms. The third-order valence-corrected chi connectivity index (χ3v) is 2.15. The van der Waals surface area contributed by atoms with Crippen LogP contribution in [0, 0.1) is 0 Å². The van der Waals surface area contributed by atoms with Gasteiger partial charge in [0.2, 0.25) is 6.04 Å². The average Bonchev–Trinajstić information content (AvgIpc) is 2.15. The molecule has 84 valence electrons. The number of carbonyl (C=O) groups excluding carboxylic acids is 2. The van der Waals surface area contributed by atoms with Crippen molar-refractivity contribution in [2.75, 3.05) is 0 Å². The molecule has 1 aliphatic rings. The van der Waals surface area contributed by atoms with Gasteiger partial charge in [-0.25, -0.2) is 0 Å². The smallest absolute Gasteiger partial charge is 0.406 e. The van der Waals surface area contributed by atoms with Crippen molar-refractivity contribution < 1.29 is 18.9 Å². The van der Waals surface area contributed by atoms with Crippen molar-refractivity contribution in [1.82, 2.24) is 0 Å². The number of rotatable bonds is 1. The Kier molecular flexibility index (Phi) is 3.61. The third-order valence-electron chi connectivity index (χ3n) is 2.15. The molecule has 0 aromatic heterocycles. The first kappa shape index (κ1) is 11.9. The summed E-state index contributed by atoms with van der Waals surface area (Å²) >= 11 is 0. The second-order valence-corrected chi connectivity index (χ2v) is 4.70. The molecule has 0 bridgehead atoms. The van der Waals surface area contributed by atoms with Gasteiger partial charge in [-0.05, 0) is 27.2 Å². The number of hydrogen-bond donors (Lipinski definition) is 0. The van der Waals surface area contributed by atoms with Gasteiger partial charge in [0.1, 0.15) is 5.60 Å². The molecule has 1 rings (SSSR count). The largest absolute Gasteiger partial charge is 0.597 e. The molecule has 1 unspecified atom stereocenters. The number of aldehydes is 1. The van der Waals surface area contributed by atoms with Gasteiger partial charge in [0, 0.05) is 12.8 Å². The molecule has 0 aliphatic carbocycles. The highest BCUT2D eigenvalue weighted by Gasteiger charge is 2.34. The van der Waals surface area contributed by atoms with Crippen molar-refractivity contribution in [2.24, 2.45) is 0 Å². The lowest BCUT2D eigenvalue weighted by Crippen LogP contribution is -2.40. The quantitative estimate of drug-likeness (QED) is 0.491. The van der Waals surface area contributed by atoms with Crippen molar-refractivity contribution in [3.05, 3.63) is 0 Å². The summed E-state index contributed by atoms with van der Waals surface area (Å²) < 4.78 is 6.61. The summed E-state index contributed by atoms with van der Waals surface area (Å²) in [5.74, 6) is 0. The van der Waals surface area contributed by atoms with Crippen LogP contribution in [0.25, 0.3) is 0 Å². The zero-order valence-electron chi connectivity index (χ0n) is 9.53. The molecular formula is C11H18NO3+. The van der Waals surface area contributed by atoms with E-state index in [2.05, 4.69) is 0 Å². The van der Waals surface area contributed by atoms with E-state index in [0.29, 0.717) is 0 Å². The van der Waals surface area contributed by atoms with Crippen LogP contribution in [-0.2, 0) is 9.53 Å². The minimum atomic E-state index is -0.518. The molecule has 0 radical (unpaired) electrons. The van der Waals surface area contributed by atoms with Gasteiger partial charge in [-0.15, -0.1) is 4.58 Å². The second kappa shape index (κ2) is 4.55. The van der Waals surface area contributed by atoms with E-state index in [0.717, 1.165) is 25.5 Å².